The quantitative estimate of drug-likeness (QED) is 0.809. The second-order valence-corrected chi connectivity index (χ2v) is 6.80. The van der Waals surface area contributed by atoms with Crippen molar-refractivity contribution in [3.8, 4) is 0 Å². The van der Waals surface area contributed by atoms with E-state index < -0.39 is 36.6 Å². The van der Waals surface area contributed by atoms with Crippen LogP contribution in [-0.4, -0.2) is 48.4 Å². The Balaban J connectivity index is 1.44. The average molecular weight is 359 g/mol. The third-order valence-electron chi connectivity index (χ3n) is 4.75. The SMILES string of the molecule is O=C(NC1CCN(Cc2ccc(F)c(F)c2)CC1)C1CC(F)(F)CN1. The number of carbonyl (C=O) groups excluding carboxylic acids is 1. The van der Waals surface area contributed by atoms with Gasteiger partial charge in [0.15, 0.2) is 11.6 Å². The van der Waals surface area contributed by atoms with Crippen LogP contribution in [0.25, 0.3) is 0 Å². The van der Waals surface area contributed by atoms with E-state index in [4.69, 9.17) is 0 Å². The molecule has 8 heteroatoms. The van der Waals surface area contributed by atoms with Gasteiger partial charge in [-0.15, -0.1) is 0 Å². The monoisotopic (exact) mass is 359 g/mol. The van der Waals surface area contributed by atoms with Crippen LogP contribution in [0, 0.1) is 11.6 Å². The Morgan fingerprint density at radius 1 is 1.24 bits per heavy atom. The normalized spacial score (nSPS) is 24.4. The summed E-state index contributed by atoms with van der Waals surface area (Å²) in [7, 11) is 0. The number of nitrogens with zero attached hydrogens (tertiary/aromatic N) is 1. The zero-order valence-electron chi connectivity index (χ0n) is 13.7. The summed E-state index contributed by atoms with van der Waals surface area (Å²) in [5.41, 5.74) is 0.693. The van der Waals surface area contributed by atoms with Gasteiger partial charge in [0.25, 0.3) is 5.92 Å². The van der Waals surface area contributed by atoms with Crippen LogP contribution in [0.5, 0.6) is 0 Å². The van der Waals surface area contributed by atoms with Gasteiger partial charge in [0, 0.05) is 32.1 Å². The summed E-state index contributed by atoms with van der Waals surface area (Å²) in [6.07, 6.45) is 0.921. The summed E-state index contributed by atoms with van der Waals surface area (Å²) >= 11 is 0. The number of alkyl halides is 2. The van der Waals surface area contributed by atoms with Crippen LogP contribution in [0.2, 0.25) is 0 Å². The fraction of sp³-hybridized carbons (Fsp3) is 0.588. The van der Waals surface area contributed by atoms with E-state index >= 15 is 0 Å². The molecule has 1 aromatic carbocycles. The number of nitrogens with one attached hydrogen (secondary N) is 2. The molecule has 1 amide bonds. The van der Waals surface area contributed by atoms with Gasteiger partial charge in [-0.3, -0.25) is 15.0 Å². The van der Waals surface area contributed by atoms with Gasteiger partial charge in [0.1, 0.15) is 0 Å². The lowest BCUT2D eigenvalue weighted by atomic mass is 10.0. The van der Waals surface area contributed by atoms with Crippen molar-refractivity contribution in [1.82, 2.24) is 15.5 Å². The van der Waals surface area contributed by atoms with Crippen LogP contribution in [0.1, 0.15) is 24.8 Å². The van der Waals surface area contributed by atoms with Gasteiger partial charge in [-0.1, -0.05) is 6.07 Å². The van der Waals surface area contributed by atoms with E-state index in [0.29, 0.717) is 38.0 Å². The summed E-state index contributed by atoms with van der Waals surface area (Å²) in [5, 5.41) is 5.38. The van der Waals surface area contributed by atoms with Crippen molar-refractivity contribution < 1.29 is 22.4 Å². The summed E-state index contributed by atoms with van der Waals surface area (Å²) in [6, 6.07) is 2.97. The summed E-state index contributed by atoms with van der Waals surface area (Å²) in [6.45, 7) is 1.43. The second kappa shape index (κ2) is 7.29. The standard InChI is InChI=1S/C17H21F4N3O/c18-13-2-1-11(7-14(13)19)9-24-5-3-12(4-6-24)23-16(25)15-8-17(20,21)10-22-15/h1-2,7,12,15,22H,3-6,8-10H2,(H,23,25). The third kappa shape index (κ3) is 4.70. The number of rotatable bonds is 4. The molecular formula is C17H21F4N3O. The minimum Gasteiger partial charge on any atom is -0.352 e. The first kappa shape index (κ1) is 18.1. The molecule has 2 aliphatic heterocycles. The topological polar surface area (TPSA) is 44.4 Å². The Kier molecular flexibility index (Phi) is 5.29. The van der Waals surface area contributed by atoms with Crippen molar-refractivity contribution in [2.24, 2.45) is 0 Å². The molecule has 0 aliphatic carbocycles. The molecule has 4 nitrogen and oxygen atoms in total. The highest BCUT2D eigenvalue weighted by molar-refractivity contribution is 5.82. The molecule has 3 rings (SSSR count). The van der Waals surface area contributed by atoms with E-state index in [9.17, 15) is 22.4 Å². The summed E-state index contributed by atoms with van der Waals surface area (Å²) < 4.78 is 52.5. The third-order valence-corrected chi connectivity index (χ3v) is 4.75. The molecule has 0 bridgehead atoms. The number of benzene rings is 1. The predicted molar refractivity (Wildman–Crippen MR) is 84.2 cm³/mol. The molecule has 138 valence electrons. The molecule has 0 saturated carbocycles. The highest BCUT2D eigenvalue weighted by Crippen LogP contribution is 2.25. The molecule has 2 heterocycles. The van der Waals surface area contributed by atoms with Crippen LogP contribution < -0.4 is 10.6 Å². The Hall–Kier alpha value is -1.67. The van der Waals surface area contributed by atoms with Crippen LogP contribution in [0.4, 0.5) is 17.6 Å². The highest BCUT2D eigenvalue weighted by Gasteiger charge is 2.42. The predicted octanol–water partition coefficient (Wildman–Crippen LogP) is 2.04. The van der Waals surface area contributed by atoms with E-state index in [-0.39, 0.29) is 11.9 Å². The van der Waals surface area contributed by atoms with Crippen molar-refractivity contribution in [1.29, 1.82) is 0 Å². The lowest BCUT2D eigenvalue weighted by Crippen LogP contribution is -2.49. The molecule has 2 fully saturated rings. The zero-order chi connectivity index (χ0) is 18.0. The molecule has 2 saturated heterocycles. The van der Waals surface area contributed by atoms with Crippen molar-refractivity contribution in [3.05, 3.63) is 35.4 Å². The number of likely N-dealkylation sites (tertiary alicyclic amines) is 1. The smallest absolute Gasteiger partial charge is 0.262 e. The van der Waals surface area contributed by atoms with Crippen LogP contribution in [0.15, 0.2) is 18.2 Å². The number of halogens is 4. The lowest BCUT2D eigenvalue weighted by molar-refractivity contribution is -0.124. The Bertz CT molecular complexity index is 632. The maximum atomic E-state index is 13.2. The van der Waals surface area contributed by atoms with E-state index in [0.717, 1.165) is 6.07 Å². The summed E-state index contributed by atoms with van der Waals surface area (Å²) in [5.74, 6) is -4.93. The van der Waals surface area contributed by atoms with E-state index in [1.54, 1.807) is 6.07 Å². The first-order valence-corrected chi connectivity index (χ1v) is 8.40. The minimum absolute atomic E-state index is 0.0512. The van der Waals surface area contributed by atoms with Gasteiger partial charge >= 0.3 is 0 Å². The van der Waals surface area contributed by atoms with Gasteiger partial charge in [-0.25, -0.2) is 17.6 Å². The number of carbonyl (C=O) groups is 1. The minimum atomic E-state index is -2.82. The van der Waals surface area contributed by atoms with Crippen LogP contribution in [-0.2, 0) is 11.3 Å². The van der Waals surface area contributed by atoms with Crippen molar-refractivity contribution in [2.75, 3.05) is 19.6 Å². The average Bonchev–Trinajstić information content (AvgIpc) is 2.93. The molecule has 1 aromatic rings. The van der Waals surface area contributed by atoms with Gasteiger partial charge in [-0.05, 0) is 30.5 Å². The first-order chi connectivity index (χ1) is 11.8. The van der Waals surface area contributed by atoms with Gasteiger partial charge in [0.05, 0.1) is 12.6 Å². The number of hydrogen-bond donors (Lipinski definition) is 2. The number of piperidine rings is 1. The maximum Gasteiger partial charge on any atom is 0.262 e. The second-order valence-electron chi connectivity index (χ2n) is 6.80. The van der Waals surface area contributed by atoms with Gasteiger partial charge < -0.3 is 5.32 Å². The molecule has 0 spiro atoms. The Morgan fingerprint density at radius 3 is 2.56 bits per heavy atom. The maximum absolute atomic E-state index is 13.2. The van der Waals surface area contributed by atoms with E-state index in [1.165, 1.54) is 6.07 Å². The largest absolute Gasteiger partial charge is 0.352 e. The fourth-order valence-corrected chi connectivity index (χ4v) is 3.33. The number of hydrogen-bond acceptors (Lipinski definition) is 3. The van der Waals surface area contributed by atoms with Crippen LogP contribution >= 0.6 is 0 Å². The fourth-order valence-electron chi connectivity index (χ4n) is 3.33. The zero-order valence-corrected chi connectivity index (χ0v) is 13.7. The molecule has 1 unspecified atom stereocenters. The Labute approximate surface area is 143 Å². The molecular weight excluding hydrogens is 338 g/mol. The van der Waals surface area contributed by atoms with Gasteiger partial charge in [0.2, 0.25) is 5.91 Å². The summed E-state index contributed by atoms with van der Waals surface area (Å²) in [4.78, 5) is 14.1. The molecule has 0 radical (unpaired) electrons. The molecule has 2 aliphatic rings. The van der Waals surface area contributed by atoms with Crippen molar-refractivity contribution >= 4 is 5.91 Å². The van der Waals surface area contributed by atoms with Crippen molar-refractivity contribution in [3.63, 3.8) is 0 Å². The van der Waals surface area contributed by atoms with Crippen LogP contribution in [0.3, 0.4) is 0 Å². The lowest BCUT2D eigenvalue weighted by Gasteiger charge is -2.32. The first-order valence-electron chi connectivity index (χ1n) is 8.40. The van der Waals surface area contributed by atoms with E-state index in [2.05, 4.69) is 15.5 Å². The molecule has 1 atom stereocenters. The number of amides is 1. The molecule has 25 heavy (non-hydrogen) atoms. The van der Waals surface area contributed by atoms with E-state index in [1.807, 2.05) is 0 Å². The molecule has 0 aromatic heterocycles. The highest BCUT2D eigenvalue weighted by atomic mass is 19.3. The molecule has 2 N–H and O–H groups in total. The Morgan fingerprint density at radius 2 is 1.96 bits per heavy atom. The van der Waals surface area contributed by atoms with Crippen molar-refractivity contribution in [2.45, 2.75) is 43.8 Å². The van der Waals surface area contributed by atoms with Gasteiger partial charge in [-0.2, -0.15) is 0 Å².